The molecule has 2 aromatic carbocycles. The van der Waals surface area contributed by atoms with Crippen LogP contribution >= 0.6 is 23.2 Å². The molecule has 152 valence electrons. The molecule has 0 saturated heterocycles. The second kappa shape index (κ2) is 9.15. The Morgan fingerprint density at radius 2 is 1.90 bits per heavy atom. The van der Waals surface area contributed by atoms with E-state index < -0.39 is 0 Å². The number of carbonyl (C=O) groups is 1. The highest BCUT2D eigenvalue weighted by molar-refractivity contribution is 6.38. The number of benzene rings is 2. The lowest BCUT2D eigenvalue weighted by molar-refractivity contribution is -0.121. The van der Waals surface area contributed by atoms with Crippen LogP contribution in [0.4, 0.5) is 0 Å². The van der Waals surface area contributed by atoms with Gasteiger partial charge in [-0.25, -0.2) is 4.98 Å². The van der Waals surface area contributed by atoms with Gasteiger partial charge in [-0.3, -0.25) is 14.2 Å². The molecule has 1 aromatic heterocycles. The van der Waals surface area contributed by atoms with Crippen molar-refractivity contribution < 1.29 is 14.3 Å². The van der Waals surface area contributed by atoms with E-state index in [-0.39, 0.29) is 28.4 Å². The largest absolute Gasteiger partial charge is 0.493 e. The number of nitrogens with one attached hydrogen (secondary N) is 1. The van der Waals surface area contributed by atoms with Gasteiger partial charge >= 0.3 is 0 Å². The number of hydrogen-bond acceptors (Lipinski definition) is 5. The summed E-state index contributed by atoms with van der Waals surface area (Å²) in [6.07, 6.45) is 1.90. The lowest BCUT2D eigenvalue weighted by Crippen LogP contribution is -2.33. The summed E-state index contributed by atoms with van der Waals surface area (Å²) >= 11 is 12.0. The maximum absolute atomic E-state index is 12.6. The zero-order valence-corrected chi connectivity index (χ0v) is 17.4. The molecule has 29 heavy (non-hydrogen) atoms. The smallest absolute Gasteiger partial charge is 0.261 e. The lowest BCUT2D eigenvalue weighted by atomic mass is 10.1. The molecule has 0 bridgehead atoms. The first-order valence-corrected chi connectivity index (χ1v) is 9.50. The summed E-state index contributed by atoms with van der Waals surface area (Å²) in [5, 5.41) is 3.68. The van der Waals surface area contributed by atoms with Gasteiger partial charge in [-0.2, -0.15) is 0 Å². The number of halogens is 2. The standard InChI is InChI=1S/C20H19Cl2N3O4/c1-28-16-4-3-12(7-17(16)29-2)5-6-23-18(26)10-25-11-24-19-14(20(25)27)8-13(21)9-15(19)22/h3-4,7-9,11H,5-6,10H2,1-2H3,(H,23,26). The molecule has 0 aliphatic rings. The van der Waals surface area contributed by atoms with Gasteiger partial charge < -0.3 is 14.8 Å². The highest BCUT2D eigenvalue weighted by atomic mass is 35.5. The zero-order chi connectivity index (χ0) is 21.0. The van der Waals surface area contributed by atoms with Crippen LogP contribution in [0.3, 0.4) is 0 Å². The highest BCUT2D eigenvalue weighted by Gasteiger charge is 2.11. The number of fused-ring (bicyclic) bond motifs is 1. The number of amides is 1. The van der Waals surface area contributed by atoms with E-state index >= 15 is 0 Å². The van der Waals surface area contributed by atoms with E-state index in [4.69, 9.17) is 32.7 Å². The fourth-order valence-corrected chi connectivity index (χ4v) is 3.44. The van der Waals surface area contributed by atoms with E-state index in [0.29, 0.717) is 35.0 Å². The maximum Gasteiger partial charge on any atom is 0.261 e. The van der Waals surface area contributed by atoms with E-state index in [9.17, 15) is 9.59 Å². The van der Waals surface area contributed by atoms with E-state index in [1.54, 1.807) is 14.2 Å². The summed E-state index contributed by atoms with van der Waals surface area (Å²) in [5.41, 5.74) is 0.956. The molecule has 1 N–H and O–H groups in total. The van der Waals surface area contributed by atoms with Crippen molar-refractivity contribution in [3.63, 3.8) is 0 Å². The van der Waals surface area contributed by atoms with Crippen LogP contribution in [0.2, 0.25) is 10.0 Å². The normalized spacial score (nSPS) is 10.8. The van der Waals surface area contributed by atoms with Gasteiger partial charge in [0, 0.05) is 11.6 Å². The van der Waals surface area contributed by atoms with E-state index in [2.05, 4.69) is 10.3 Å². The Balaban J connectivity index is 1.64. The molecule has 0 radical (unpaired) electrons. The van der Waals surface area contributed by atoms with Gasteiger partial charge in [0.15, 0.2) is 11.5 Å². The Hall–Kier alpha value is -2.77. The predicted molar refractivity (Wildman–Crippen MR) is 112 cm³/mol. The molecule has 0 aliphatic carbocycles. The second-order valence-corrected chi connectivity index (χ2v) is 7.09. The van der Waals surface area contributed by atoms with Crippen LogP contribution in [-0.2, 0) is 17.8 Å². The Kier molecular flexibility index (Phi) is 6.61. The first kappa shape index (κ1) is 21.0. The molecule has 0 aliphatic heterocycles. The first-order chi connectivity index (χ1) is 13.9. The van der Waals surface area contributed by atoms with Gasteiger partial charge in [-0.05, 0) is 36.2 Å². The molecule has 1 heterocycles. The molecular formula is C20H19Cl2N3O4. The van der Waals surface area contributed by atoms with Crippen LogP contribution in [0.5, 0.6) is 11.5 Å². The number of carbonyl (C=O) groups excluding carboxylic acids is 1. The summed E-state index contributed by atoms with van der Waals surface area (Å²) in [7, 11) is 3.14. The molecule has 0 spiro atoms. The summed E-state index contributed by atoms with van der Waals surface area (Å²) < 4.78 is 11.7. The fraction of sp³-hybridized carbons (Fsp3) is 0.250. The van der Waals surface area contributed by atoms with Crippen molar-refractivity contribution in [1.82, 2.24) is 14.9 Å². The number of ether oxygens (including phenoxy) is 2. The quantitative estimate of drug-likeness (QED) is 0.616. The minimum atomic E-state index is -0.380. The summed E-state index contributed by atoms with van der Waals surface area (Å²) in [6, 6.07) is 8.58. The molecule has 3 aromatic rings. The third-order valence-corrected chi connectivity index (χ3v) is 4.85. The van der Waals surface area contributed by atoms with Crippen LogP contribution in [0, 0.1) is 0 Å². The van der Waals surface area contributed by atoms with Gasteiger partial charge in [-0.15, -0.1) is 0 Å². The topological polar surface area (TPSA) is 82.5 Å². The predicted octanol–water partition coefficient (Wildman–Crippen LogP) is 3.08. The average molecular weight is 436 g/mol. The summed E-state index contributed by atoms with van der Waals surface area (Å²) in [5.74, 6) is 0.966. The molecule has 0 unspecified atom stereocenters. The van der Waals surface area contributed by atoms with Crippen LogP contribution in [0.15, 0.2) is 41.5 Å². The number of nitrogens with zero attached hydrogens (tertiary/aromatic N) is 2. The van der Waals surface area contributed by atoms with Crippen LogP contribution in [-0.4, -0.2) is 36.2 Å². The monoisotopic (exact) mass is 435 g/mol. The molecule has 0 saturated carbocycles. The zero-order valence-electron chi connectivity index (χ0n) is 15.9. The minimum Gasteiger partial charge on any atom is -0.493 e. The molecular weight excluding hydrogens is 417 g/mol. The highest BCUT2D eigenvalue weighted by Crippen LogP contribution is 2.27. The van der Waals surface area contributed by atoms with Crippen molar-refractivity contribution >= 4 is 40.0 Å². The third kappa shape index (κ3) is 4.81. The number of hydrogen-bond donors (Lipinski definition) is 1. The van der Waals surface area contributed by atoms with Crippen molar-refractivity contribution in [2.24, 2.45) is 0 Å². The Morgan fingerprint density at radius 3 is 2.62 bits per heavy atom. The summed E-state index contributed by atoms with van der Waals surface area (Å²) in [4.78, 5) is 29.0. The first-order valence-electron chi connectivity index (χ1n) is 8.74. The van der Waals surface area contributed by atoms with E-state index in [1.165, 1.54) is 23.0 Å². The molecule has 0 atom stereocenters. The van der Waals surface area contributed by atoms with Gasteiger partial charge in [0.2, 0.25) is 5.91 Å². The van der Waals surface area contributed by atoms with Crippen LogP contribution in [0.25, 0.3) is 10.9 Å². The van der Waals surface area contributed by atoms with E-state index in [1.807, 2.05) is 18.2 Å². The SMILES string of the molecule is COc1ccc(CCNC(=O)Cn2cnc3c(Cl)cc(Cl)cc3c2=O)cc1OC. The number of aromatic nitrogens is 2. The molecule has 0 fully saturated rings. The number of methoxy groups -OCH3 is 2. The van der Waals surface area contributed by atoms with Gasteiger partial charge in [0.05, 0.1) is 36.5 Å². The van der Waals surface area contributed by atoms with Crippen molar-refractivity contribution in [2.75, 3.05) is 20.8 Å². The molecule has 7 nitrogen and oxygen atoms in total. The van der Waals surface area contributed by atoms with Crippen molar-refractivity contribution in [2.45, 2.75) is 13.0 Å². The lowest BCUT2D eigenvalue weighted by Gasteiger charge is -2.11. The van der Waals surface area contributed by atoms with E-state index in [0.717, 1.165) is 5.56 Å². The average Bonchev–Trinajstić information content (AvgIpc) is 2.70. The molecule has 1 amide bonds. The third-order valence-electron chi connectivity index (χ3n) is 4.34. The number of rotatable bonds is 7. The Morgan fingerprint density at radius 1 is 1.14 bits per heavy atom. The Bertz CT molecular complexity index is 1110. The van der Waals surface area contributed by atoms with Crippen molar-refractivity contribution in [3.05, 3.63) is 62.6 Å². The maximum atomic E-state index is 12.6. The summed E-state index contributed by atoms with van der Waals surface area (Å²) in [6.45, 7) is 0.250. The fourth-order valence-electron chi connectivity index (χ4n) is 2.90. The Labute approximate surface area is 177 Å². The van der Waals surface area contributed by atoms with Gasteiger partial charge in [0.1, 0.15) is 6.54 Å². The van der Waals surface area contributed by atoms with Gasteiger partial charge in [-0.1, -0.05) is 29.3 Å². The van der Waals surface area contributed by atoms with Crippen LogP contribution in [0.1, 0.15) is 5.56 Å². The van der Waals surface area contributed by atoms with Crippen LogP contribution < -0.4 is 20.3 Å². The second-order valence-electron chi connectivity index (χ2n) is 6.25. The molecule has 3 rings (SSSR count). The molecule has 9 heteroatoms. The van der Waals surface area contributed by atoms with Crippen molar-refractivity contribution in [1.29, 1.82) is 0 Å². The van der Waals surface area contributed by atoms with Gasteiger partial charge in [0.25, 0.3) is 5.56 Å². The minimum absolute atomic E-state index is 0.155. The van der Waals surface area contributed by atoms with Crippen molar-refractivity contribution in [3.8, 4) is 11.5 Å².